The maximum absolute atomic E-state index is 5.84. The van der Waals surface area contributed by atoms with Crippen LogP contribution < -0.4 is 11.3 Å². The molecule has 104 valence electrons. The van der Waals surface area contributed by atoms with Crippen LogP contribution in [0, 0.1) is 29.6 Å². The number of hydrazine groups is 1. The van der Waals surface area contributed by atoms with Gasteiger partial charge in [0.05, 0.1) is 0 Å². The summed E-state index contributed by atoms with van der Waals surface area (Å²) >= 11 is 0. The van der Waals surface area contributed by atoms with Gasteiger partial charge in [0.2, 0.25) is 0 Å². The van der Waals surface area contributed by atoms with E-state index in [1.165, 1.54) is 38.5 Å². The van der Waals surface area contributed by atoms with E-state index in [1.807, 2.05) is 0 Å². The van der Waals surface area contributed by atoms with Crippen molar-refractivity contribution in [3.8, 4) is 0 Å². The summed E-state index contributed by atoms with van der Waals surface area (Å²) < 4.78 is 5.17. The fraction of sp³-hybridized carbons (Fsp3) is 1.00. The molecule has 4 fully saturated rings. The third-order valence-corrected chi connectivity index (χ3v) is 5.84. The quantitative estimate of drug-likeness (QED) is 0.433. The summed E-state index contributed by atoms with van der Waals surface area (Å²) in [5, 5.41) is 0. The number of rotatable bonds is 6. The van der Waals surface area contributed by atoms with Crippen LogP contribution >= 0.6 is 0 Å². The van der Waals surface area contributed by atoms with Crippen LogP contribution in [0.1, 0.15) is 44.9 Å². The van der Waals surface area contributed by atoms with Crippen molar-refractivity contribution < 1.29 is 4.74 Å². The highest BCUT2D eigenvalue weighted by atomic mass is 16.5. The Morgan fingerprint density at radius 2 is 1.72 bits per heavy atom. The fourth-order valence-electron chi connectivity index (χ4n) is 5.46. The Kier molecular flexibility index (Phi) is 3.92. The van der Waals surface area contributed by atoms with Crippen LogP contribution in [0.5, 0.6) is 0 Å². The first-order valence-electron chi connectivity index (χ1n) is 7.77. The Labute approximate surface area is 111 Å². The Balaban J connectivity index is 1.63. The fourth-order valence-corrected chi connectivity index (χ4v) is 5.46. The van der Waals surface area contributed by atoms with Crippen LogP contribution in [-0.2, 0) is 4.74 Å². The Bertz CT molecular complexity index is 254. The molecule has 0 saturated heterocycles. The van der Waals surface area contributed by atoms with E-state index in [0.717, 1.165) is 42.6 Å². The van der Waals surface area contributed by atoms with Crippen LogP contribution in [0.25, 0.3) is 0 Å². The first-order chi connectivity index (χ1) is 8.81. The van der Waals surface area contributed by atoms with Crippen LogP contribution in [0.2, 0.25) is 0 Å². The first kappa shape index (κ1) is 12.9. The number of hydrogen-bond donors (Lipinski definition) is 2. The second-order valence-corrected chi connectivity index (χ2v) is 6.92. The molecular formula is C15H28N2O. The zero-order valence-electron chi connectivity index (χ0n) is 11.6. The van der Waals surface area contributed by atoms with Crippen LogP contribution in [0.15, 0.2) is 0 Å². The van der Waals surface area contributed by atoms with Crippen molar-refractivity contribution in [1.29, 1.82) is 0 Å². The lowest BCUT2D eigenvalue weighted by atomic mass is 9.50. The molecule has 0 heterocycles. The van der Waals surface area contributed by atoms with Crippen molar-refractivity contribution in [3.05, 3.63) is 0 Å². The van der Waals surface area contributed by atoms with Crippen LogP contribution in [-0.4, -0.2) is 19.8 Å². The molecule has 4 bridgehead atoms. The second-order valence-electron chi connectivity index (χ2n) is 6.92. The largest absolute Gasteiger partial charge is 0.385 e. The van der Waals surface area contributed by atoms with E-state index < -0.39 is 0 Å². The molecule has 4 aliphatic rings. The summed E-state index contributed by atoms with van der Waals surface area (Å²) in [4.78, 5) is 0. The van der Waals surface area contributed by atoms with Gasteiger partial charge in [-0.25, -0.2) is 0 Å². The van der Waals surface area contributed by atoms with Crippen molar-refractivity contribution in [2.45, 2.75) is 51.0 Å². The van der Waals surface area contributed by atoms with E-state index >= 15 is 0 Å². The lowest BCUT2D eigenvalue weighted by molar-refractivity contribution is -0.0537. The van der Waals surface area contributed by atoms with E-state index in [2.05, 4.69) is 5.43 Å². The molecule has 4 aliphatic carbocycles. The highest BCUT2D eigenvalue weighted by Gasteiger charge is 2.50. The molecule has 1 atom stereocenters. The summed E-state index contributed by atoms with van der Waals surface area (Å²) in [7, 11) is 1.79. The summed E-state index contributed by atoms with van der Waals surface area (Å²) in [6.07, 6.45) is 9.79. The van der Waals surface area contributed by atoms with Gasteiger partial charge in [-0.05, 0) is 74.5 Å². The SMILES string of the molecule is COCCCC(NN)C1C2CC3CC(C2)CC1C3. The molecule has 3 nitrogen and oxygen atoms in total. The minimum Gasteiger partial charge on any atom is -0.385 e. The van der Waals surface area contributed by atoms with E-state index in [1.54, 1.807) is 7.11 Å². The van der Waals surface area contributed by atoms with Crippen molar-refractivity contribution in [2.75, 3.05) is 13.7 Å². The molecule has 3 heteroatoms. The Hall–Kier alpha value is -0.120. The molecule has 0 radical (unpaired) electrons. The van der Waals surface area contributed by atoms with E-state index in [9.17, 15) is 0 Å². The maximum Gasteiger partial charge on any atom is 0.0462 e. The molecular weight excluding hydrogens is 224 g/mol. The number of ether oxygens (including phenoxy) is 1. The highest BCUT2D eigenvalue weighted by molar-refractivity contribution is 5.01. The van der Waals surface area contributed by atoms with Gasteiger partial charge < -0.3 is 4.74 Å². The minimum atomic E-state index is 0.523. The average Bonchev–Trinajstić information content (AvgIpc) is 2.35. The smallest absolute Gasteiger partial charge is 0.0462 e. The molecule has 4 rings (SSSR count). The number of methoxy groups -OCH3 is 1. The third-order valence-electron chi connectivity index (χ3n) is 5.84. The monoisotopic (exact) mass is 252 g/mol. The zero-order chi connectivity index (χ0) is 12.5. The molecule has 3 N–H and O–H groups in total. The van der Waals surface area contributed by atoms with Crippen molar-refractivity contribution in [3.63, 3.8) is 0 Å². The summed E-state index contributed by atoms with van der Waals surface area (Å²) in [5.74, 6) is 10.7. The summed E-state index contributed by atoms with van der Waals surface area (Å²) in [5.41, 5.74) is 3.13. The molecule has 0 spiro atoms. The average molecular weight is 252 g/mol. The van der Waals surface area contributed by atoms with E-state index in [4.69, 9.17) is 10.6 Å². The molecule has 0 aromatic carbocycles. The Morgan fingerprint density at radius 3 is 2.22 bits per heavy atom. The third kappa shape index (κ3) is 2.33. The number of nitrogens with one attached hydrogen (secondary N) is 1. The lowest BCUT2D eigenvalue weighted by Gasteiger charge is -2.56. The van der Waals surface area contributed by atoms with E-state index in [0.29, 0.717) is 6.04 Å². The van der Waals surface area contributed by atoms with Crippen molar-refractivity contribution in [1.82, 2.24) is 5.43 Å². The maximum atomic E-state index is 5.84. The topological polar surface area (TPSA) is 47.3 Å². The molecule has 0 aliphatic heterocycles. The highest BCUT2D eigenvalue weighted by Crippen LogP contribution is 2.57. The molecule has 18 heavy (non-hydrogen) atoms. The van der Waals surface area contributed by atoms with Gasteiger partial charge in [0, 0.05) is 19.8 Å². The predicted molar refractivity (Wildman–Crippen MR) is 72.8 cm³/mol. The molecule has 1 unspecified atom stereocenters. The predicted octanol–water partition coefficient (Wildman–Crippen LogP) is 2.32. The van der Waals surface area contributed by atoms with Gasteiger partial charge in [0.1, 0.15) is 0 Å². The molecule has 0 aromatic heterocycles. The molecule has 0 aromatic rings. The first-order valence-corrected chi connectivity index (χ1v) is 7.77. The summed E-state index contributed by atoms with van der Waals surface area (Å²) in [6.45, 7) is 0.867. The normalized spacial score (nSPS) is 43.3. The van der Waals surface area contributed by atoms with E-state index in [-0.39, 0.29) is 0 Å². The van der Waals surface area contributed by atoms with Gasteiger partial charge in [-0.2, -0.15) is 0 Å². The lowest BCUT2D eigenvalue weighted by Crippen LogP contribution is -2.54. The van der Waals surface area contributed by atoms with Crippen LogP contribution in [0.4, 0.5) is 0 Å². The minimum absolute atomic E-state index is 0.523. The number of nitrogens with two attached hydrogens (primary N) is 1. The van der Waals surface area contributed by atoms with Gasteiger partial charge >= 0.3 is 0 Å². The second kappa shape index (κ2) is 5.48. The van der Waals surface area contributed by atoms with Crippen LogP contribution in [0.3, 0.4) is 0 Å². The Morgan fingerprint density at radius 1 is 1.11 bits per heavy atom. The van der Waals surface area contributed by atoms with Gasteiger partial charge in [-0.15, -0.1) is 0 Å². The van der Waals surface area contributed by atoms with Crippen molar-refractivity contribution in [2.24, 2.45) is 35.4 Å². The van der Waals surface area contributed by atoms with Crippen molar-refractivity contribution >= 4 is 0 Å². The number of hydrogen-bond acceptors (Lipinski definition) is 3. The van der Waals surface area contributed by atoms with Gasteiger partial charge in [0.15, 0.2) is 0 Å². The van der Waals surface area contributed by atoms with Gasteiger partial charge in [0.25, 0.3) is 0 Å². The molecule has 0 amide bonds. The standard InChI is InChI=1S/C15H28N2O/c1-18-4-2-3-14(17-16)15-12-6-10-5-11(8-12)9-13(15)7-10/h10-15,17H,2-9,16H2,1H3. The van der Waals surface area contributed by atoms with Gasteiger partial charge in [-0.3, -0.25) is 11.3 Å². The van der Waals surface area contributed by atoms with Gasteiger partial charge in [-0.1, -0.05) is 0 Å². The summed E-state index contributed by atoms with van der Waals surface area (Å²) in [6, 6.07) is 0.523. The molecule has 4 saturated carbocycles. The zero-order valence-corrected chi connectivity index (χ0v) is 11.6.